The van der Waals surface area contributed by atoms with Crippen molar-refractivity contribution in [3.8, 4) is 0 Å². The minimum atomic E-state index is -0.688. The Balaban J connectivity index is 2.07. The zero-order chi connectivity index (χ0) is 33.5. The van der Waals surface area contributed by atoms with Crippen molar-refractivity contribution in [1.29, 1.82) is 0 Å². The number of hydrogen-bond donors (Lipinski definition) is 4. The van der Waals surface area contributed by atoms with Gasteiger partial charge in [-0.3, -0.25) is 19.2 Å². The summed E-state index contributed by atoms with van der Waals surface area (Å²) in [4.78, 5) is 54.6. The van der Waals surface area contributed by atoms with E-state index in [2.05, 4.69) is 29.8 Å². The average Bonchev–Trinajstić information content (AvgIpc) is 3.01. The maximum Gasteiger partial charge on any atom is 0.253 e. The van der Waals surface area contributed by atoms with Gasteiger partial charge in [0.1, 0.15) is 6.04 Å². The van der Waals surface area contributed by atoms with Crippen LogP contribution in [0.25, 0.3) is 0 Å². The Hall–Kier alpha value is -3.72. The predicted octanol–water partition coefficient (Wildman–Crippen LogP) is 4.90. The Morgan fingerprint density at radius 3 is 1.98 bits per heavy atom. The molecule has 4 amide bonds. The van der Waals surface area contributed by atoms with E-state index in [1.54, 1.807) is 31.2 Å². The summed E-state index contributed by atoms with van der Waals surface area (Å²) >= 11 is 0. The quantitative estimate of drug-likeness (QED) is 0.188. The Bertz CT molecular complexity index is 1230. The maximum absolute atomic E-state index is 13.4. The summed E-state index contributed by atoms with van der Waals surface area (Å²) < 4.78 is 0. The highest BCUT2D eigenvalue weighted by Gasteiger charge is 2.29. The van der Waals surface area contributed by atoms with Crippen LogP contribution in [-0.4, -0.2) is 59.7 Å². The molecule has 248 valence electrons. The summed E-state index contributed by atoms with van der Waals surface area (Å²) in [6, 6.07) is 14.8. The molecule has 0 saturated heterocycles. The fourth-order valence-electron chi connectivity index (χ4n) is 5.34. The maximum atomic E-state index is 13.4. The third-order valence-corrected chi connectivity index (χ3v) is 7.83. The van der Waals surface area contributed by atoms with E-state index in [1.807, 2.05) is 62.9 Å². The zero-order valence-electron chi connectivity index (χ0n) is 28.3. The summed E-state index contributed by atoms with van der Waals surface area (Å²) in [5, 5.41) is 8.92. The van der Waals surface area contributed by atoms with E-state index in [9.17, 15) is 19.2 Å². The number of hydrogen-bond acceptors (Lipinski definition) is 5. The molecule has 0 aromatic heterocycles. The minimum Gasteiger partial charge on any atom is -0.350 e. The molecule has 0 bridgehead atoms. The van der Waals surface area contributed by atoms with E-state index in [-0.39, 0.29) is 41.5 Å². The van der Waals surface area contributed by atoms with Crippen LogP contribution >= 0.6 is 0 Å². The SMILES string of the molecule is CCCN(CCC)C(=O)c1cccc(C(=O)N[C@@H](CC(C)C)[C@H](N)C[C@@H](C)C(=O)N[C@H](C(=O)NCc2ccccc2)C(C)C)c1. The van der Waals surface area contributed by atoms with Gasteiger partial charge in [0, 0.05) is 48.8 Å². The molecule has 0 aliphatic carbocycles. The van der Waals surface area contributed by atoms with Gasteiger partial charge >= 0.3 is 0 Å². The first-order chi connectivity index (χ1) is 21.4. The van der Waals surface area contributed by atoms with Gasteiger partial charge in [-0.15, -0.1) is 0 Å². The van der Waals surface area contributed by atoms with Gasteiger partial charge in [-0.25, -0.2) is 0 Å². The van der Waals surface area contributed by atoms with Gasteiger partial charge in [-0.1, -0.05) is 84.9 Å². The van der Waals surface area contributed by atoms with E-state index >= 15 is 0 Å². The van der Waals surface area contributed by atoms with Crippen molar-refractivity contribution in [2.24, 2.45) is 23.5 Å². The topological polar surface area (TPSA) is 134 Å². The molecule has 0 heterocycles. The molecule has 0 aliphatic heterocycles. The number of carbonyl (C=O) groups excluding carboxylic acids is 4. The van der Waals surface area contributed by atoms with E-state index in [0.717, 1.165) is 18.4 Å². The van der Waals surface area contributed by atoms with Crippen LogP contribution in [0.2, 0.25) is 0 Å². The van der Waals surface area contributed by atoms with E-state index in [1.165, 1.54) is 0 Å². The zero-order valence-corrected chi connectivity index (χ0v) is 28.3. The molecule has 0 spiro atoms. The Labute approximate surface area is 270 Å². The first-order valence-electron chi connectivity index (χ1n) is 16.5. The van der Waals surface area contributed by atoms with Crippen molar-refractivity contribution in [2.75, 3.05) is 13.1 Å². The molecule has 4 atom stereocenters. The van der Waals surface area contributed by atoms with Crippen molar-refractivity contribution in [3.05, 3.63) is 71.3 Å². The average molecular weight is 622 g/mol. The molecule has 0 unspecified atom stereocenters. The van der Waals surface area contributed by atoms with Crippen LogP contribution in [0.5, 0.6) is 0 Å². The molecule has 9 heteroatoms. The van der Waals surface area contributed by atoms with Crippen molar-refractivity contribution in [1.82, 2.24) is 20.9 Å². The fraction of sp³-hybridized carbons (Fsp3) is 0.556. The van der Waals surface area contributed by atoms with Crippen molar-refractivity contribution in [2.45, 2.75) is 98.8 Å². The number of carbonyl (C=O) groups is 4. The molecule has 0 aliphatic rings. The highest BCUT2D eigenvalue weighted by atomic mass is 16.2. The van der Waals surface area contributed by atoms with Gasteiger partial charge in [0.25, 0.3) is 11.8 Å². The van der Waals surface area contributed by atoms with Gasteiger partial charge in [-0.2, -0.15) is 0 Å². The third kappa shape index (κ3) is 12.3. The van der Waals surface area contributed by atoms with E-state index in [0.29, 0.717) is 43.6 Å². The van der Waals surface area contributed by atoms with E-state index < -0.39 is 18.0 Å². The van der Waals surface area contributed by atoms with Crippen molar-refractivity contribution >= 4 is 23.6 Å². The van der Waals surface area contributed by atoms with Gasteiger partial charge < -0.3 is 26.6 Å². The number of amides is 4. The van der Waals surface area contributed by atoms with Crippen LogP contribution in [0.4, 0.5) is 0 Å². The second-order valence-corrected chi connectivity index (χ2v) is 12.8. The molecule has 0 fully saturated rings. The third-order valence-electron chi connectivity index (χ3n) is 7.83. The van der Waals surface area contributed by atoms with Gasteiger partial charge in [0.05, 0.1) is 0 Å². The van der Waals surface area contributed by atoms with Crippen molar-refractivity contribution in [3.63, 3.8) is 0 Å². The molecule has 0 radical (unpaired) electrons. The Morgan fingerprint density at radius 1 is 0.778 bits per heavy atom. The lowest BCUT2D eigenvalue weighted by Gasteiger charge is -2.29. The summed E-state index contributed by atoms with van der Waals surface area (Å²) in [6.45, 7) is 15.5. The Morgan fingerprint density at radius 2 is 1.40 bits per heavy atom. The molecule has 9 nitrogen and oxygen atoms in total. The standard InChI is InChI=1S/C36H55N5O4/c1-8-18-41(19-9-2)36(45)29-17-13-16-28(22-29)34(43)39-31(20-24(3)4)30(37)21-26(7)33(42)40-32(25(5)6)35(44)38-23-27-14-11-10-12-15-27/h10-17,22,24-26,30-32H,8-9,18-21,23,37H2,1-7H3,(H,38,44)(H,39,43)(H,40,42)/t26-,30-,31+,32+/m1/s1. The predicted molar refractivity (Wildman–Crippen MR) is 180 cm³/mol. The molecule has 45 heavy (non-hydrogen) atoms. The van der Waals surface area contributed by atoms with Crippen molar-refractivity contribution < 1.29 is 19.2 Å². The fourth-order valence-corrected chi connectivity index (χ4v) is 5.34. The summed E-state index contributed by atoms with van der Waals surface area (Å²) in [5.74, 6) is -1.25. The minimum absolute atomic E-state index is 0.0860. The normalized spacial score (nSPS) is 13.9. The number of benzene rings is 2. The molecular formula is C36H55N5O4. The molecule has 2 aromatic carbocycles. The van der Waals surface area contributed by atoms with Crippen LogP contribution in [0.3, 0.4) is 0 Å². The first kappa shape index (κ1) is 37.5. The molecule has 2 aromatic rings. The second-order valence-electron chi connectivity index (χ2n) is 12.8. The monoisotopic (exact) mass is 621 g/mol. The van der Waals surface area contributed by atoms with Crippen LogP contribution in [0.1, 0.15) is 100 Å². The lowest BCUT2D eigenvalue weighted by atomic mass is 9.90. The van der Waals surface area contributed by atoms with Crippen LogP contribution in [0, 0.1) is 17.8 Å². The second kappa shape index (κ2) is 18.9. The summed E-state index contributed by atoms with van der Waals surface area (Å²) in [6.07, 6.45) is 2.66. The smallest absolute Gasteiger partial charge is 0.253 e. The number of rotatable bonds is 18. The van der Waals surface area contributed by atoms with Gasteiger partial charge in [-0.05, 0) is 61.3 Å². The molecular weight excluding hydrogens is 566 g/mol. The van der Waals surface area contributed by atoms with E-state index in [4.69, 9.17) is 5.73 Å². The van der Waals surface area contributed by atoms with Crippen LogP contribution in [0.15, 0.2) is 54.6 Å². The van der Waals surface area contributed by atoms with Gasteiger partial charge in [0.15, 0.2) is 0 Å². The highest BCUT2D eigenvalue weighted by molar-refractivity contribution is 5.99. The lowest BCUT2D eigenvalue weighted by molar-refractivity contribution is -0.132. The van der Waals surface area contributed by atoms with Crippen LogP contribution < -0.4 is 21.7 Å². The molecule has 2 rings (SSSR count). The largest absolute Gasteiger partial charge is 0.350 e. The molecule has 0 saturated carbocycles. The number of nitrogens with one attached hydrogen (secondary N) is 3. The number of nitrogens with zero attached hydrogens (tertiary/aromatic N) is 1. The summed E-state index contributed by atoms with van der Waals surface area (Å²) in [7, 11) is 0. The summed E-state index contributed by atoms with van der Waals surface area (Å²) in [5.41, 5.74) is 8.49. The highest BCUT2D eigenvalue weighted by Crippen LogP contribution is 2.17. The lowest BCUT2D eigenvalue weighted by Crippen LogP contribution is -2.53. The molecule has 5 N–H and O–H groups in total. The van der Waals surface area contributed by atoms with Crippen LogP contribution in [-0.2, 0) is 16.1 Å². The Kier molecular flexibility index (Phi) is 15.8. The van der Waals surface area contributed by atoms with Gasteiger partial charge in [0.2, 0.25) is 11.8 Å². The first-order valence-corrected chi connectivity index (χ1v) is 16.5. The number of nitrogens with two attached hydrogens (primary N) is 1.